The van der Waals surface area contributed by atoms with Crippen molar-refractivity contribution in [1.82, 2.24) is 4.90 Å². The summed E-state index contributed by atoms with van der Waals surface area (Å²) in [5.41, 5.74) is -0.697. The number of β-lactam (4-membered cyclic amide) rings is 1. The van der Waals surface area contributed by atoms with E-state index in [9.17, 15) is 14.7 Å². The lowest BCUT2D eigenvalue weighted by Crippen LogP contribution is -2.74. The Hall–Kier alpha value is -0.660. The summed E-state index contributed by atoms with van der Waals surface area (Å²) in [4.78, 5) is 26.7. The van der Waals surface area contributed by atoms with Crippen LogP contribution < -0.4 is 0 Å². The highest BCUT2D eigenvalue weighted by atomic mass is 35.6. The number of hydrogen-bond donors (Lipinski definition) is 1. The van der Waals surface area contributed by atoms with Crippen LogP contribution in [0, 0.1) is 0 Å². The minimum Gasteiger partial charge on any atom is -0.460 e. The molecule has 0 unspecified atom stereocenters. The molecular weight excluding hydrogens is 421 g/mol. The highest BCUT2D eigenvalue weighted by molar-refractivity contribution is 8.01. The zero-order valence-corrected chi connectivity index (χ0v) is 17.2. The van der Waals surface area contributed by atoms with Crippen LogP contribution in [0.5, 0.6) is 0 Å². The molecule has 1 amide bonds. The number of aliphatic hydroxyl groups is 1. The highest BCUT2D eigenvalue weighted by Crippen LogP contribution is 2.55. The quantitative estimate of drug-likeness (QED) is 0.445. The number of hydrogen-bond acceptors (Lipinski definition) is 5. The van der Waals surface area contributed by atoms with Crippen molar-refractivity contribution in [2.45, 2.75) is 45.8 Å². The number of ether oxygens (including phenoxy) is 1. The molecule has 2 aliphatic heterocycles. The van der Waals surface area contributed by atoms with E-state index < -0.39 is 44.0 Å². The van der Waals surface area contributed by atoms with Crippen LogP contribution in [0.3, 0.4) is 0 Å². The van der Waals surface area contributed by atoms with Gasteiger partial charge in [-0.3, -0.25) is 4.79 Å². The maximum Gasteiger partial charge on any atom is 0.330 e. The summed E-state index contributed by atoms with van der Waals surface area (Å²) in [6.07, 6.45) is 0.187. The summed E-state index contributed by atoms with van der Waals surface area (Å²) in [5, 5.41) is 10.4. The minimum atomic E-state index is -1.72. The molecule has 0 aliphatic carbocycles. The van der Waals surface area contributed by atoms with Crippen LogP contribution in [-0.2, 0) is 20.7 Å². The first kappa shape index (κ1) is 20.1. The Morgan fingerprint density at radius 1 is 1.31 bits per heavy atom. The molecule has 0 bridgehead atoms. The number of rotatable bonds is 4. The lowest BCUT2D eigenvalue weighted by molar-refractivity contribution is -0.189. The predicted molar refractivity (Wildman–Crippen MR) is 102 cm³/mol. The average Bonchev–Trinajstić information content (AvgIpc) is 2.82. The van der Waals surface area contributed by atoms with Gasteiger partial charge in [0.25, 0.3) is 5.91 Å². The van der Waals surface area contributed by atoms with E-state index in [1.54, 1.807) is 0 Å². The van der Waals surface area contributed by atoms with E-state index in [0.717, 1.165) is 5.56 Å². The van der Waals surface area contributed by atoms with Crippen molar-refractivity contribution in [2.75, 3.05) is 6.61 Å². The largest absolute Gasteiger partial charge is 0.460 e. The number of fused-ring (bicyclic) bond motifs is 1. The van der Waals surface area contributed by atoms with Crippen molar-refractivity contribution < 1.29 is 19.4 Å². The zero-order chi connectivity index (χ0) is 19.3. The molecule has 26 heavy (non-hydrogen) atoms. The standard InChI is InChI=1S/C17H18Cl3NO4S/c1-15(2)11(12(22)25-9-17(18,19)20)21-13(23)16(24,14(21)26-15)8-10-6-4-3-5-7-10/h3-7,11,14,24H,8-9H2,1-2H3/t11-,14+,16+/m0/s1. The first-order valence-corrected chi connectivity index (χ1v) is 9.97. The smallest absolute Gasteiger partial charge is 0.330 e. The van der Waals surface area contributed by atoms with Crippen molar-refractivity contribution in [2.24, 2.45) is 0 Å². The van der Waals surface area contributed by atoms with Gasteiger partial charge in [0.05, 0.1) is 0 Å². The van der Waals surface area contributed by atoms with Gasteiger partial charge in [-0.25, -0.2) is 4.79 Å². The van der Waals surface area contributed by atoms with Gasteiger partial charge >= 0.3 is 5.97 Å². The molecule has 5 nitrogen and oxygen atoms in total. The summed E-state index contributed by atoms with van der Waals surface area (Å²) >= 11 is 18.3. The Balaban J connectivity index is 1.78. The molecule has 3 rings (SSSR count). The lowest BCUT2D eigenvalue weighted by Gasteiger charge is -2.50. The van der Waals surface area contributed by atoms with E-state index in [4.69, 9.17) is 39.5 Å². The highest BCUT2D eigenvalue weighted by Gasteiger charge is 2.71. The number of nitrogens with zero attached hydrogens (tertiary/aromatic N) is 1. The second-order valence-electron chi connectivity index (χ2n) is 7.00. The van der Waals surface area contributed by atoms with Gasteiger partial charge in [0.15, 0.2) is 5.60 Å². The van der Waals surface area contributed by atoms with Crippen LogP contribution >= 0.6 is 46.6 Å². The van der Waals surface area contributed by atoms with Crippen molar-refractivity contribution >= 4 is 58.4 Å². The van der Waals surface area contributed by atoms with Gasteiger partial charge in [0, 0.05) is 11.2 Å². The summed E-state index contributed by atoms with van der Waals surface area (Å²) in [6.45, 7) is 3.25. The number of alkyl halides is 3. The van der Waals surface area contributed by atoms with E-state index in [1.165, 1.54) is 16.7 Å². The van der Waals surface area contributed by atoms with Gasteiger partial charge in [-0.05, 0) is 19.4 Å². The second-order valence-corrected chi connectivity index (χ2v) is 11.2. The van der Waals surface area contributed by atoms with Crippen molar-refractivity contribution in [3.63, 3.8) is 0 Å². The van der Waals surface area contributed by atoms with Crippen molar-refractivity contribution in [1.29, 1.82) is 0 Å². The Labute approximate surface area is 170 Å². The molecule has 1 N–H and O–H groups in total. The molecule has 2 saturated heterocycles. The molecule has 0 radical (unpaired) electrons. The predicted octanol–water partition coefficient (Wildman–Crippen LogP) is 2.94. The number of carbonyl (C=O) groups is 2. The topological polar surface area (TPSA) is 66.8 Å². The molecule has 3 atom stereocenters. The average molecular weight is 439 g/mol. The zero-order valence-electron chi connectivity index (χ0n) is 14.1. The molecule has 2 aliphatic rings. The van der Waals surface area contributed by atoms with Gasteiger partial charge in [-0.2, -0.15) is 0 Å². The fourth-order valence-corrected chi connectivity index (χ4v) is 5.18. The van der Waals surface area contributed by atoms with Crippen LogP contribution in [0.2, 0.25) is 0 Å². The first-order valence-electron chi connectivity index (χ1n) is 7.96. The summed E-state index contributed by atoms with van der Waals surface area (Å²) in [6, 6.07) is 8.42. The fourth-order valence-electron chi connectivity index (χ4n) is 3.39. The molecule has 142 valence electrons. The molecule has 2 fully saturated rings. The van der Waals surface area contributed by atoms with Gasteiger partial charge in [0.1, 0.15) is 18.0 Å². The Morgan fingerprint density at radius 3 is 2.50 bits per heavy atom. The first-order chi connectivity index (χ1) is 12.0. The van der Waals surface area contributed by atoms with Gasteiger partial charge in [-0.1, -0.05) is 65.1 Å². The maximum atomic E-state index is 12.7. The number of thioether (sulfide) groups is 1. The van der Waals surface area contributed by atoms with Crippen LogP contribution in [-0.4, -0.2) is 54.0 Å². The van der Waals surface area contributed by atoms with E-state index >= 15 is 0 Å². The number of halogens is 3. The number of benzene rings is 1. The minimum absolute atomic E-state index is 0.187. The van der Waals surface area contributed by atoms with Crippen LogP contribution in [0.15, 0.2) is 30.3 Å². The summed E-state index contributed by atoms with van der Waals surface area (Å²) in [5.74, 6) is -1.13. The maximum absolute atomic E-state index is 12.7. The molecule has 0 aromatic heterocycles. The van der Waals surface area contributed by atoms with Gasteiger partial charge in [0.2, 0.25) is 3.79 Å². The van der Waals surface area contributed by atoms with Crippen molar-refractivity contribution in [3.8, 4) is 0 Å². The van der Waals surface area contributed by atoms with Crippen LogP contribution in [0.25, 0.3) is 0 Å². The van der Waals surface area contributed by atoms with Crippen LogP contribution in [0.4, 0.5) is 0 Å². The SMILES string of the molecule is CC1(C)S[C@H]2N(C(=O)[C@]2(O)Cc2ccccc2)[C@H]1C(=O)OCC(Cl)(Cl)Cl. The number of amides is 1. The fraction of sp³-hybridized carbons (Fsp3) is 0.529. The van der Waals surface area contributed by atoms with E-state index in [2.05, 4.69) is 0 Å². The second kappa shape index (κ2) is 6.74. The van der Waals surface area contributed by atoms with E-state index in [1.807, 2.05) is 44.2 Å². The molecule has 0 saturated carbocycles. The van der Waals surface area contributed by atoms with E-state index in [-0.39, 0.29) is 6.42 Å². The molecule has 2 heterocycles. The van der Waals surface area contributed by atoms with Gasteiger partial charge in [-0.15, -0.1) is 11.8 Å². The molecule has 1 aromatic carbocycles. The molecule has 9 heteroatoms. The van der Waals surface area contributed by atoms with Gasteiger partial charge < -0.3 is 14.7 Å². The monoisotopic (exact) mass is 437 g/mol. The Bertz CT molecular complexity index is 724. The molecular formula is C17H18Cl3NO4S. The number of carbonyl (C=O) groups excluding carboxylic acids is 2. The van der Waals surface area contributed by atoms with Crippen molar-refractivity contribution in [3.05, 3.63) is 35.9 Å². The third kappa shape index (κ3) is 3.54. The summed E-state index contributed by atoms with van der Waals surface area (Å²) in [7, 11) is 0. The normalized spacial score (nSPS) is 29.9. The summed E-state index contributed by atoms with van der Waals surface area (Å²) < 4.78 is 2.72. The third-order valence-corrected chi connectivity index (χ3v) is 6.53. The Morgan fingerprint density at radius 2 is 1.92 bits per heavy atom. The van der Waals surface area contributed by atoms with Crippen LogP contribution in [0.1, 0.15) is 19.4 Å². The molecule has 0 spiro atoms. The van der Waals surface area contributed by atoms with E-state index in [0.29, 0.717) is 0 Å². The lowest BCUT2D eigenvalue weighted by atomic mass is 9.83. The Kier molecular flexibility index (Phi) is 5.21. The number of esters is 1. The third-order valence-electron chi connectivity index (χ3n) is 4.54. The molecule has 1 aromatic rings.